The van der Waals surface area contributed by atoms with Crippen LogP contribution in [0, 0.1) is 5.92 Å². The number of Topliss-reactive ketones (excluding diaryl/α,β-unsaturated/α-hetero) is 1. The molecule has 0 aliphatic heterocycles. The fourth-order valence-corrected chi connectivity index (χ4v) is 3.40. The van der Waals surface area contributed by atoms with Crippen molar-refractivity contribution in [3.8, 4) is 0 Å². The molecule has 140 valence electrons. The highest BCUT2D eigenvalue weighted by Gasteiger charge is 2.41. The zero-order chi connectivity index (χ0) is 17.8. The molecule has 0 aromatic rings. The standard InChI is InChI=1S/C19H34O5/c1-2-3-4-7-10-13-24-19-15(16(20)14-17(19)21)11-8-5-6-9-12-18(22)23/h15,17,19,21H,2-14H2,1H3,(H,22,23). The van der Waals surface area contributed by atoms with Crippen molar-refractivity contribution in [3.05, 3.63) is 0 Å². The Morgan fingerprint density at radius 1 is 1.08 bits per heavy atom. The largest absolute Gasteiger partial charge is 0.481 e. The molecule has 24 heavy (non-hydrogen) atoms. The van der Waals surface area contributed by atoms with Crippen molar-refractivity contribution in [2.45, 2.75) is 96.2 Å². The van der Waals surface area contributed by atoms with E-state index in [9.17, 15) is 14.7 Å². The second-order valence-corrected chi connectivity index (χ2v) is 6.94. The lowest BCUT2D eigenvalue weighted by atomic mass is 9.96. The molecule has 3 atom stereocenters. The van der Waals surface area contributed by atoms with Crippen LogP contribution in [0.4, 0.5) is 0 Å². The van der Waals surface area contributed by atoms with Gasteiger partial charge in [0.1, 0.15) is 5.78 Å². The number of ether oxygens (including phenoxy) is 1. The number of carboxylic acids is 1. The van der Waals surface area contributed by atoms with Gasteiger partial charge in [0.15, 0.2) is 0 Å². The molecule has 1 fully saturated rings. The molecular weight excluding hydrogens is 308 g/mol. The van der Waals surface area contributed by atoms with Gasteiger partial charge in [-0.05, 0) is 19.3 Å². The van der Waals surface area contributed by atoms with Gasteiger partial charge in [0.05, 0.1) is 12.2 Å². The second kappa shape index (κ2) is 12.4. The maximum absolute atomic E-state index is 12.1. The first kappa shape index (κ1) is 21.1. The molecule has 0 saturated heterocycles. The number of hydrogen-bond donors (Lipinski definition) is 2. The average Bonchev–Trinajstić information content (AvgIpc) is 2.80. The number of carboxylic acid groups (broad SMARTS) is 1. The Kier molecular flexibility index (Phi) is 10.9. The molecule has 2 N–H and O–H groups in total. The van der Waals surface area contributed by atoms with Gasteiger partial charge in [0.25, 0.3) is 0 Å². The van der Waals surface area contributed by atoms with E-state index in [2.05, 4.69) is 6.92 Å². The zero-order valence-corrected chi connectivity index (χ0v) is 15.0. The molecular formula is C19H34O5. The number of ketones is 1. The van der Waals surface area contributed by atoms with Gasteiger partial charge in [-0.15, -0.1) is 0 Å². The van der Waals surface area contributed by atoms with Crippen molar-refractivity contribution in [1.29, 1.82) is 0 Å². The topological polar surface area (TPSA) is 83.8 Å². The van der Waals surface area contributed by atoms with E-state index in [1.54, 1.807) is 0 Å². The number of aliphatic carboxylic acids is 1. The van der Waals surface area contributed by atoms with Crippen molar-refractivity contribution in [1.82, 2.24) is 0 Å². The minimum atomic E-state index is -0.753. The summed E-state index contributed by atoms with van der Waals surface area (Å²) < 4.78 is 5.84. The third-order valence-corrected chi connectivity index (χ3v) is 4.81. The minimum Gasteiger partial charge on any atom is -0.481 e. The maximum atomic E-state index is 12.1. The van der Waals surface area contributed by atoms with Crippen LogP contribution in [0.1, 0.15) is 84.0 Å². The first-order valence-corrected chi connectivity index (χ1v) is 9.60. The molecule has 1 rings (SSSR count). The number of hydrogen-bond acceptors (Lipinski definition) is 4. The van der Waals surface area contributed by atoms with Gasteiger partial charge < -0.3 is 14.9 Å². The predicted molar refractivity (Wildman–Crippen MR) is 93.0 cm³/mol. The van der Waals surface area contributed by atoms with Crippen LogP contribution in [0.25, 0.3) is 0 Å². The van der Waals surface area contributed by atoms with Crippen LogP contribution in [-0.2, 0) is 14.3 Å². The van der Waals surface area contributed by atoms with E-state index >= 15 is 0 Å². The Labute approximate surface area is 145 Å². The molecule has 0 spiro atoms. The molecule has 0 aromatic heterocycles. The number of unbranched alkanes of at least 4 members (excludes halogenated alkanes) is 7. The summed E-state index contributed by atoms with van der Waals surface area (Å²) in [6.07, 6.45) is 9.33. The molecule has 0 radical (unpaired) electrons. The Balaban J connectivity index is 2.21. The number of aliphatic hydroxyl groups excluding tert-OH is 1. The normalized spacial score (nSPS) is 23.8. The quantitative estimate of drug-likeness (QED) is 0.470. The highest BCUT2D eigenvalue weighted by molar-refractivity contribution is 5.84. The molecule has 0 heterocycles. The lowest BCUT2D eigenvalue weighted by Gasteiger charge is -2.21. The highest BCUT2D eigenvalue weighted by atomic mass is 16.5. The van der Waals surface area contributed by atoms with Gasteiger partial charge >= 0.3 is 5.97 Å². The summed E-state index contributed by atoms with van der Waals surface area (Å²) in [7, 11) is 0. The summed E-state index contributed by atoms with van der Waals surface area (Å²) >= 11 is 0. The van der Waals surface area contributed by atoms with Crippen LogP contribution >= 0.6 is 0 Å². The summed E-state index contributed by atoms with van der Waals surface area (Å²) in [5.74, 6) is -0.823. The minimum absolute atomic E-state index is 0.115. The second-order valence-electron chi connectivity index (χ2n) is 6.94. The van der Waals surface area contributed by atoms with Gasteiger partial charge in [-0.3, -0.25) is 9.59 Å². The van der Waals surface area contributed by atoms with Gasteiger partial charge in [0, 0.05) is 25.4 Å². The molecule has 0 bridgehead atoms. The number of carbonyl (C=O) groups excluding carboxylic acids is 1. The Hall–Kier alpha value is -0.940. The van der Waals surface area contributed by atoms with E-state index in [-0.39, 0.29) is 30.6 Å². The average molecular weight is 342 g/mol. The summed E-state index contributed by atoms with van der Waals surface area (Å²) in [4.78, 5) is 22.5. The van der Waals surface area contributed by atoms with E-state index in [0.717, 1.165) is 38.5 Å². The first-order valence-electron chi connectivity index (χ1n) is 9.60. The van der Waals surface area contributed by atoms with E-state index in [0.29, 0.717) is 13.0 Å². The number of rotatable bonds is 14. The van der Waals surface area contributed by atoms with Crippen LogP contribution in [0.5, 0.6) is 0 Å². The van der Waals surface area contributed by atoms with E-state index < -0.39 is 12.1 Å². The first-order chi connectivity index (χ1) is 11.6. The third-order valence-electron chi connectivity index (χ3n) is 4.81. The van der Waals surface area contributed by atoms with Crippen molar-refractivity contribution >= 4 is 11.8 Å². The number of carbonyl (C=O) groups is 2. The van der Waals surface area contributed by atoms with Gasteiger partial charge in [-0.25, -0.2) is 0 Å². The lowest BCUT2D eigenvalue weighted by Crippen LogP contribution is -2.30. The monoisotopic (exact) mass is 342 g/mol. The third kappa shape index (κ3) is 8.25. The van der Waals surface area contributed by atoms with Crippen LogP contribution in [0.2, 0.25) is 0 Å². The van der Waals surface area contributed by atoms with Crippen molar-refractivity contribution in [3.63, 3.8) is 0 Å². The van der Waals surface area contributed by atoms with Gasteiger partial charge in [0.2, 0.25) is 0 Å². The van der Waals surface area contributed by atoms with E-state index in [4.69, 9.17) is 9.84 Å². The Bertz CT molecular complexity index is 369. The van der Waals surface area contributed by atoms with Crippen LogP contribution in [0.15, 0.2) is 0 Å². The summed E-state index contributed by atoms with van der Waals surface area (Å²) in [6, 6.07) is 0. The van der Waals surface area contributed by atoms with Crippen LogP contribution in [0.3, 0.4) is 0 Å². The SMILES string of the molecule is CCCCCCCOC1C(O)CC(=O)C1CCCCCCC(=O)O. The van der Waals surface area contributed by atoms with Crippen LogP contribution in [-0.4, -0.2) is 40.8 Å². The van der Waals surface area contributed by atoms with Gasteiger partial charge in [-0.1, -0.05) is 51.9 Å². The van der Waals surface area contributed by atoms with E-state index in [1.807, 2.05) is 0 Å². The zero-order valence-electron chi connectivity index (χ0n) is 15.0. The number of aliphatic hydroxyl groups is 1. The molecule has 1 saturated carbocycles. The summed E-state index contributed by atoms with van der Waals surface area (Å²) in [5.41, 5.74) is 0. The fraction of sp³-hybridized carbons (Fsp3) is 0.895. The predicted octanol–water partition coefficient (Wildman–Crippen LogP) is 3.72. The molecule has 0 aromatic carbocycles. The lowest BCUT2D eigenvalue weighted by molar-refractivity contribution is -0.137. The van der Waals surface area contributed by atoms with Crippen LogP contribution < -0.4 is 0 Å². The van der Waals surface area contributed by atoms with Gasteiger partial charge in [-0.2, -0.15) is 0 Å². The van der Waals surface area contributed by atoms with E-state index in [1.165, 1.54) is 19.3 Å². The maximum Gasteiger partial charge on any atom is 0.303 e. The molecule has 5 nitrogen and oxygen atoms in total. The molecule has 5 heteroatoms. The Morgan fingerprint density at radius 3 is 2.46 bits per heavy atom. The van der Waals surface area contributed by atoms with Crippen molar-refractivity contribution < 1.29 is 24.5 Å². The Morgan fingerprint density at radius 2 is 1.75 bits per heavy atom. The highest BCUT2D eigenvalue weighted by Crippen LogP contribution is 2.30. The van der Waals surface area contributed by atoms with Crippen molar-refractivity contribution in [2.75, 3.05) is 6.61 Å². The van der Waals surface area contributed by atoms with Crippen molar-refractivity contribution in [2.24, 2.45) is 5.92 Å². The summed E-state index contributed by atoms with van der Waals surface area (Å²) in [6.45, 7) is 2.80. The fourth-order valence-electron chi connectivity index (χ4n) is 3.40. The smallest absolute Gasteiger partial charge is 0.303 e. The summed E-state index contributed by atoms with van der Waals surface area (Å²) in [5, 5.41) is 18.7. The molecule has 1 aliphatic carbocycles. The molecule has 3 unspecified atom stereocenters. The molecule has 1 aliphatic rings. The molecule has 0 amide bonds.